The molecule has 0 aromatic carbocycles. The topological polar surface area (TPSA) is 38.5 Å². The van der Waals surface area contributed by atoms with E-state index in [4.69, 9.17) is 10.5 Å². The highest BCUT2D eigenvalue weighted by Crippen LogP contribution is 2.21. The Balaban J connectivity index is 2.10. The Kier molecular flexibility index (Phi) is 6.45. The van der Waals surface area contributed by atoms with E-state index in [1.54, 1.807) is 0 Å². The zero-order valence-corrected chi connectivity index (χ0v) is 11.9. The molecule has 0 spiro atoms. The molecule has 2 N–H and O–H groups in total. The number of hydrogen-bond donors (Lipinski definition) is 1. The van der Waals surface area contributed by atoms with Crippen LogP contribution in [0, 0.1) is 0 Å². The Morgan fingerprint density at radius 1 is 1.18 bits per heavy atom. The summed E-state index contributed by atoms with van der Waals surface area (Å²) in [7, 11) is 0. The molecule has 102 valence electrons. The first-order valence-electron chi connectivity index (χ1n) is 7.14. The summed E-state index contributed by atoms with van der Waals surface area (Å²) in [6, 6.07) is 0. The van der Waals surface area contributed by atoms with Crippen LogP contribution in [0.5, 0.6) is 0 Å². The number of morpholine rings is 1. The van der Waals surface area contributed by atoms with Gasteiger partial charge in [0.15, 0.2) is 0 Å². The van der Waals surface area contributed by atoms with E-state index < -0.39 is 0 Å². The molecule has 0 amide bonds. The highest BCUT2D eigenvalue weighted by Gasteiger charge is 2.30. The van der Waals surface area contributed by atoms with Crippen molar-refractivity contribution in [2.45, 2.75) is 64.6 Å². The third kappa shape index (κ3) is 6.39. The van der Waals surface area contributed by atoms with Gasteiger partial charge in [-0.2, -0.15) is 0 Å². The fourth-order valence-electron chi connectivity index (χ4n) is 2.77. The van der Waals surface area contributed by atoms with E-state index in [2.05, 4.69) is 25.7 Å². The number of rotatable bonds is 7. The predicted molar refractivity (Wildman–Crippen MR) is 73.2 cm³/mol. The number of nitrogens with zero attached hydrogens (tertiary/aromatic N) is 1. The van der Waals surface area contributed by atoms with Crippen molar-refractivity contribution in [1.82, 2.24) is 4.90 Å². The summed E-state index contributed by atoms with van der Waals surface area (Å²) in [4.78, 5) is 2.55. The minimum absolute atomic E-state index is 0.0250. The van der Waals surface area contributed by atoms with Crippen molar-refractivity contribution in [2.75, 3.05) is 26.2 Å². The molecule has 0 aliphatic carbocycles. The predicted octanol–water partition coefficient (Wildman–Crippen LogP) is 2.39. The maximum atomic E-state index is 5.91. The molecular formula is C14H30N2O. The van der Waals surface area contributed by atoms with E-state index in [-0.39, 0.29) is 5.60 Å². The Bertz CT molecular complexity index is 206. The van der Waals surface area contributed by atoms with Gasteiger partial charge in [0, 0.05) is 13.1 Å². The van der Waals surface area contributed by atoms with Gasteiger partial charge < -0.3 is 10.5 Å². The molecule has 1 aliphatic rings. The second-order valence-corrected chi connectivity index (χ2v) is 5.98. The molecule has 1 aliphatic heterocycles. The average Bonchev–Trinajstić information content (AvgIpc) is 2.20. The lowest BCUT2D eigenvalue weighted by Gasteiger charge is -2.41. The summed E-state index contributed by atoms with van der Waals surface area (Å²) in [5.74, 6) is 0. The van der Waals surface area contributed by atoms with Crippen LogP contribution >= 0.6 is 0 Å². The summed E-state index contributed by atoms with van der Waals surface area (Å²) < 4.78 is 5.91. The summed E-state index contributed by atoms with van der Waals surface area (Å²) >= 11 is 0. The molecule has 1 heterocycles. The van der Waals surface area contributed by atoms with Gasteiger partial charge in [-0.1, -0.05) is 19.3 Å². The van der Waals surface area contributed by atoms with Gasteiger partial charge >= 0.3 is 0 Å². The standard InChI is InChI=1S/C14H30N2O/c1-13-11-16(12-14(2,3)17-13)10-8-6-4-5-7-9-15/h13H,4-12,15H2,1-3H3. The summed E-state index contributed by atoms with van der Waals surface area (Å²) in [6.07, 6.45) is 6.83. The minimum Gasteiger partial charge on any atom is -0.370 e. The quantitative estimate of drug-likeness (QED) is 0.697. The van der Waals surface area contributed by atoms with Gasteiger partial charge in [0.2, 0.25) is 0 Å². The van der Waals surface area contributed by atoms with Crippen molar-refractivity contribution in [3.05, 3.63) is 0 Å². The summed E-state index contributed by atoms with van der Waals surface area (Å²) in [5.41, 5.74) is 5.51. The van der Waals surface area contributed by atoms with E-state index >= 15 is 0 Å². The highest BCUT2D eigenvalue weighted by molar-refractivity contribution is 4.82. The Morgan fingerprint density at radius 2 is 1.82 bits per heavy atom. The zero-order valence-electron chi connectivity index (χ0n) is 11.9. The Hall–Kier alpha value is -0.120. The third-order valence-corrected chi connectivity index (χ3v) is 3.32. The van der Waals surface area contributed by atoms with Crippen molar-refractivity contribution >= 4 is 0 Å². The van der Waals surface area contributed by atoms with Crippen LogP contribution in [0.3, 0.4) is 0 Å². The minimum atomic E-state index is 0.0250. The Labute approximate surface area is 107 Å². The lowest BCUT2D eigenvalue weighted by molar-refractivity contribution is -0.128. The molecule has 0 radical (unpaired) electrons. The molecule has 17 heavy (non-hydrogen) atoms. The average molecular weight is 242 g/mol. The molecule has 0 bridgehead atoms. The van der Waals surface area contributed by atoms with Gasteiger partial charge in [-0.3, -0.25) is 4.90 Å². The maximum Gasteiger partial charge on any atom is 0.0757 e. The van der Waals surface area contributed by atoms with Crippen LogP contribution in [-0.4, -0.2) is 42.8 Å². The molecule has 0 aromatic rings. The number of ether oxygens (including phenoxy) is 1. The van der Waals surface area contributed by atoms with Crippen LogP contribution < -0.4 is 5.73 Å². The van der Waals surface area contributed by atoms with Crippen LogP contribution in [0.15, 0.2) is 0 Å². The van der Waals surface area contributed by atoms with Crippen molar-refractivity contribution in [3.63, 3.8) is 0 Å². The summed E-state index contributed by atoms with van der Waals surface area (Å²) in [6.45, 7) is 10.8. The van der Waals surface area contributed by atoms with Crippen LogP contribution in [0.25, 0.3) is 0 Å². The van der Waals surface area contributed by atoms with Gasteiger partial charge in [0.05, 0.1) is 11.7 Å². The van der Waals surface area contributed by atoms with Crippen molar-refractivity contribution in [1.29, 1.82) is 0 Å². The fraction of sp³-hybridized carbons (Fsp3) is 1.00. The summed E-state index contributed by atoms with van der Waals surface area (Å²) in [5, 5.41) is 0. The van der Waals surface area contributed by atoms with Crippen LogP contribution in [0.1, 0.15) is 52.9 Å². The van der Waals surface area contributed by atoms with E-state index in [9.17, 15) is 0 Å². The largest absolute Gasteiger partial charge is 0.370 e. The van der Waals surface area contributed by atoms with Crippen molar-refractivity contribution < 1.29 is 4.74 Å². The fourth-order valence-corrected chi connectivity index (χ4v) is 2.77. The van der Waals surface area contributed by atoms with Gasteiger partial charge in [-0.05, 0) is 46.7 Å². The number of hydrogen-bond acceptors (Lipinski definition) is 3. The molecule has 1 rings (SSSR count). The molecule has 1 fully saturated rings. The van der Waals surface area contributed by atoms with E-state index in [1.165, 1.54) is 38.6 Å². The molecule has 1 atom stereocenters. The second-order valence-electron chi connectivity index (χ2n) is 5.98. The smallest absolute Gasteiger partial charge is 0.0757 e. The third-order valence-electron chi connectivity index (χ3n) is 3.32. The lowest BCUT2D eigenvalue weighted by atomic mass is 10.0. The monoisotopic (exact) mass is 242 g/mol. The molecule has 0 aromatic heterocycles. The lowest BCUT2D eigenvalue weighted by Crippen LogP contribution is -2.51. The zero-order chi connectivity index (χ0) is 12.7. The maximum absolute atomic E-state index is 5.91. The van der Waals surface area contributed by atoms with Crippen molar-refractivity contribution in [2.24, 2.45) is 5.73 Å². The molecule has 0 saturated carbocycles. The molecule has 3 heteroatoms. The molecule has 1 unspecified atom stereocenters. The van der Waals surface area contributed by atoms with E-state index in [0.717, 1.165) is 19.6 Å². The SMILES string of the molecule is CC1CN(CCCCCCCN)CC(C)(C)O1. The molecule has 3 nitrogen and oxygen atoms in total. The highest BCUT2D eigenvalue weighted by atomic mass is 16.5. The Morgan fingerprint density at radius 3 is 2.47 bits per heavy atom. The molecule has 1 saturated heterocycles. The van der Waals surface area contributed by atoms with Crippen LogP contribution in [0.4, 0.5) is 0 Å². The van der Waals surface area contributed by atoms with Gasteiger partial charge in [0.25, 0.3) is 0 Å². The molecular weight excluding hydrogens is 212 g/mol. The first-order chi connectivity index (χ1) is 8.03. The first kappa shape index (κ1) is 14.9. The normalized spacial score (nSPS) is 25.1. The van der Waals surface area contributed by atoms with Gasteiger partial charge in [0.1, 0.15) is 0 Å². The van der Waals surface area contributed by atoms with Crippen LogP contribution in [-0.2, 0) is 4.74 Å². The van der Waals surface area contributed by atoms with E-state index in [1.807, 2.05) is 0 Å². The second kappa shape index (κ2) is 7.34. The number of unbranched alkanes of at least 4 members (excludes halogenated alkanes) is 4. The van der Waals surface area contributed by atoms with E-state index in [0.29, 0.717) is 6.10 Å². The van der Waals surface area contributed by atoms with Gasteiger partial charge in [-0.25, -0.2) is 0 Å². The number of nitrogens with two attached hydrogens (primary N) is 1. The van der Waals surface area contributed by atoms with Crippen LogP contribution in [0.2, 0.25) is 0 Å². The van der Waals surface area contributed by atoms with Gasteiger partial charge in [-0.15, -0.1) is 0 Å². The van der Waals surface area contributed by atoms with Crippen molar-refractivity contribution in [3.8, 4) is 0 Å². The first-order valence-corrected chi connectivity index (χ1v) is 7.14.